The molecule has 0 aliphatic carbocycles. The van der Waals surface area contributed by atoms with Gasteiger partial charge in [-0.1, -0.05) is 0 Å². The normalized spacial score (nSPS) is 12.9. The van der Waals surface area contributed by atoms with Crippen LogP contribution in [0.2, 0.25) is 0 Å². The number of rotatable bonds is 4. The number of aliphatic hydroxyl groups is 1. The summed E-state index contributed by atoms with van der Waals surface area (Å²) in [5.41, 5.74) is 1.78. The molecule has 2 aromatic rings. The van der Waals surface area contributed by atoms with E-state index in [1.165, 1.54) is 11.3 Å². The Bertz CT molecular complexity index is 491. The molecule has 16 heavy (non-hydrogen) atoms. The molecule has 0 saturated heterocycles. The van der Waals surface area contributed by atoms with E-state index in [4.69, 9.17) is 5.11 Å². The molecule has 6 heteroatoms. The molecule has 2 rings (SSSR count). The minimum atomic E-state index is -0.955. The van der Waals surface area contributed by atoms with Gasteiger partial charge in [0.15, 0.2) is 3.92 Å². The van der Waals surface area contributed by atoms with E-state index in [2.05, 4.69) is 26.2 Å². The second-order valence-corrected chi connectivity index (χ2v) is 5.65. The molecule has 1 heterocycles. The van der Waals surface area contributed by atoms with Gasteiger partial charge in [-0.25, -0.2) is 9.37 Å². The van der Waals surface area contributed by atoms with Gasteiger partial charge in [-0.2, -0.15) is 0 Å². The molecule has 3 nitrogen and oxygen atoms in total. The number of hydrogen-bond donors (Lipinski definition) is 2. The van der Waals surface area contributed by atoms with Crippen molar-refractivity contribution in [2.24, 2.45) is 0 Å². The van der Waals surface area contributed by atoms with Crippen LogP contribution in [0, 0.1) is 0 Å². The van der Waals surface area contributed by atoms with Crippen molar-refractivity contribution in [2.45, 2.75) is 6.10 Å². The molecule has 0 fully saturated rings. The van der Waals surface area contributed by atoms with E-state index in [1.54, 1.807) is 0 Å². The third kappa shape index (κ3) is 2.69. The SMILES string of the molecule is OC(CF)CNc1ccc2nc(Br)sc2c1. The summed E-state index contributed by atoms with van der Waals surface area (Å²) >= 11 is 4.86. The Morgan fingerprint density at radius 2 is 2.38 bits per heavy atom. The van der Waals surface area contributed by atoms with Crippen LogP contribution in [0.5, 0.6) is 0 Å². The van der Waals surface area contributed by atoms with E-state index < -0.39 is 12.8 Å². The van der Waals surface area contributed by atoms with Crippen molar-refractivity contribution in [3.63, 3.8) is 0 Å². The maximum absolute atomic E-state index is 12.0. The first kappa shape index (κ1) is 11.8. The van der Waals surface area contributed by atoms with Crippen LogP contribution in [0.1, 0.15) is 0 Å². The predicted octanol–water partition coefficient (Wildman–Crippen LogP) is 2.80. The Labute approximate surface area is 104 Å². The highest BCUT2D eigenvalue weighted by Gasteiger charge is 2.05. The molecule has 0 aliphatic heterocycles. The summed E-state index contributed by atoms with van der Waals surface area (Å²) in [6.07, 6.45) is -0.955. The first-order valence-electron chi connectivity index (χ1n) is 4.73. The van der Waals surface area contributed by atoms with Gasteiger partial charge in [0.05, 0.1) is 16.3 Å². The highest BCUT2D eigenvalue weighted by atomic mass is 79.9. The summed E-state index contributed by atoms with van der Waals surface area (Å²) in [4.78, 5) is 4.26. The Kier molecular flexibility index (Phi) is 3.73. The number of alkyl halides is 1. The van der Waals surface area contributed by atoms with Gasteiger partial charge in [0.1, 0.15) is 6.67 Å². The average molecular weight is 305 g/mol. The molecule has 1 atom stereocenters. The highest BCUT2D eigenvalue weighted by Crippen LogP contribution is 2.28. The second kappa shape index (κ2) is 5.07. The van der Waals surface area contributed by atoms with Gasteiger partial charge in [-0.3, -0.25) is 0 Å². The van der Waals surface area contributed by atoms with Crippen LogP contribution in [0.4, 0.5) is 10.1 Å². The van der Waals surface area contributed by atoms with Crippen molar-refractivity contribution < 1.29 is 9.50 Å². The lowest BCUT2D eigenvalue weighted by Crippen LogP contribution is -2.21. The van der Waals surface area contributed by atoms with Crippen molar-refractivity contribution in [2.75, 3.05) is 18.5 Å². The third-order valence-corrected chi connectivity index (χ3v) is 3.55. The minimum absolute atomic E-state index is 0.210. The number of thiazole rings is 1. The molecule has 2 N–H and O–H groups in total. The molecule has 0 saturated carbocycles. The Hall–Kier alpha value is -0.720. The van der Waals surface area contributed by atoms with Crippen LogP contribution < -0.4 is 5.32 Å². The van der Waals surface area contributed by atoms with Crippen molar-refractivity contribution in [3.05, 3.63) is 22.1 Å². The molecule has 0 amide bonds. The van der Waals surface area contributed by atoms with E-state index in [0.717, 1.165) is 19.8 Å². The van der Waals surface area contributed by atoms with E-state index in [9.17, 15) is 4.39 Å². The number of fused-ring (bicyclic) bond motifs is 1. The second-order valence-electron chi connectivity index (χ2n) is 3.34. The van der Waals surface area contributed by atoms with E-state index in [0.29, 0.717) is 0 Å². The van der Waals surface area contributed by atoms with E-state index >= 15 is 0 Å². The lowest BCUT2D eigenvalue weighted by atomic mass is 10.3. The van der Waals surface area contributed by atoms with Crippen LogP contribution in [0.3, 0.4) is 0 Å². The zero-order chi connectivity index (χ0) is 11.5. The molecule has 1 aromatic heterocycles. The standard InChI is InChI=1S/C10H10BrFN2OS/c11-10-14-8-2-1-6(3-9(8)16-10)13-5-7(15)4-12/h1-3,7,13,15H,4-5H2. The van der Waals surface area contributed by atoms with Crippen LogP contribution in [0.25, 0.3) is 10.2 Å². The van der Waals surface area contributed by atoms with Crippen molar-refractivity contribution in [1.82, 2.24) is 4.98 Å². The molecule has 86 valence electrons. The van der Waals surface area contributed by atoms with Gasteiger partial charge in [-0.05, 0) is 34.1 Å². The summed E-state index contributed by atoms with van der Waals surface area (Å²) in [6.45, 7) is -0.524. The quantitative estimate of drug-likeness (QED) is 0.913. The Morgan fingerprint density at radius 3 is 3.12 bits per heavy atom. The summed E-state index contributed by atoms with van der Waals surface area (Å²) in [5, 5.41) is 12.1. The molecule has 0 radical (unpaired) electrons. The lowest BCUT2D eigenvalue weighted by molar-refractivity contribution is 0.151. The summed E-state index contributed by atoms with van der Waals surface area (Å²) < 4.78 is 13.9. The largest absolute Gasteiger partial charge is 0.389 e. The lowest BCUT2D eigenvalue weighted by Gasteiger charge is -2.08. The fraction of sp³-hybridized carbons (Fsp3) is 0.300. The van der Waals surface area contributed by atoms with Gasteiger partial charge < -0.3 is 10.4 Å². The monoisotopic (exact) mass is 304 g/mol. The fourth-order valence-corrected chi connectivity index (χ4v) is 2.74. The van der Waals surface area contributed by atoms with Crippen molar-refractivity contribution >= 4 is 43.2 Å². The molecule has 0 spiro atoms. The number of hydrogen-bond acceptors (Lipinski definition) is 4. The predicted molar refractivity (Wildman–Crippen MR) is 67.8 cm³/mol. The Morgan fingerprint density at radius 1 is 1.56 bits per heavy atom. The zero-order valence-electron chi connectivity index (χ0n) is 8.28. The Balaban J connectivity index is 2.13. The molecular weight excluding hydrogens is 295 g/mol. The number of anilines is 1. The van der Waals surface area contributed by atoms with Crippen LogP contribution in [-0.2, 0) is 0 Å². The van der Waals surface area contributed by atoms with Crippen molar-refractivity contribution in [3.8, 4) is 0 Å². The van der Waals surface area contributed by atoms with E-state index in [1.807, 2.05) is 18.2 Å². The number of benzene rings is 1. The summed E-state index contributed by atoms with van der Waals surface area (Å²) in [6, 6.07) is 5.68. The van der Waals surface area contributed by atoms with Gasteiger partial charge in [-0.15, -0.1) is 11.3 Å². The minimum Gasteiger partial charge on any atom is -0.389 e. The first-order chi connectivity index (χ1) is 7.69. The van der Waals surface area contributed by atoms with Gasteiger partial charge in [0.2, 0.25) is 0 Å². The number of nitrogens with zero attached hydrogens (tertiary/aromatic N) is 1. The molecular formula is C10H10BrFN2OS. The van der Waals surface area contributed by atoms with Crippen LogP contribution >= 0.6 is 27.3 Å². The summed E-state index contributed by atoms with van der Waals surface area (Å²) in [7, 11) is 0. The topological polar surface area (TPSA) is 45.1 Å². The van der Waals surface area contributed by atoms with Gasteiger partial charge >= 0.3 is 0 Å². The number of halogens is 2. The fourth-order valence-electron chi connectivity index (χ4n) is 1.30. The van der Waals surface area contributed by atoms with Crippen molar-refractivity contribution in [1.29, 1.82) is 0 Å². The molecule has 1 aromatic carbocycles. The smallest absolute Gasteiger partial charge is 0.160 e. The van der Waals surface area contributed by atoms with Gasteiger partial charge in [0, 0.05) is 12.2 Å². The zero-order valence-corrected chi connectivity index (χ0v) is 10.7. The van der Waals surface area contributed by atoms with E-state index in [-0.39, 0.29) is 6.54 Å². The molecule has 1 unspecified atom stereocenters. The number of aliphatic hydroxyl groups excluding tert-OH is 1. The molecule has 0 aliphatic rings. The summed E-state index contributed by atoms with van der Waals surface area (Å²) in [5.74, 6) is 0. The number of nitrogens with one attached hydrogen (secondary N) is 1. The van der Waals surface area contributed by atoms with Crippen LogP contribution in [-0.4, -0.2) is 29.4 Å². The maximum atomic E-state index is 12.0. The number of aromatic nitrogens is 1. The third-order valence-electron chi connectivity index (χ3n) is 2.08. The maximum Gasteiger partial charge on any atom is 0.160 e. The highest BCUT2D eigenvalue weighted by molar-refractivity contribution is 9.11. The van der Waals surface area contributed by atoms with Gasteiger partial charge in [0.25, 0.3) is 0 Å². The first-order valence-corrected chi connectivity index (χ1v) is 6.34. The molecule has 0 bridgehead atoms. The average Bonchev–Trinajstić information content (AvgIpc) is 2.65. The van der Waals surface area contributed by atoms with Crippen LogP contribution in [0.15, 0.2) is 22.1 Å².